The van der Waals surface area contributed by atoms with Crippen molar-refractivity contribution in [2.45, 2.75) is 0 Å². The number of rotatable bonds is 5. The van der Waals surface area contributed by atoms with Crippen LogP contribution >= 0.6 is 0 Å². The van der Waals surface area contributed by atoms with Gasteiger partial charge in [0.25, 0.3) is 0 Å². The van der Waals surface area contributed by atoms with E-state index in [0.717, 1.165) is 77.7 Å². The molecule has 0 saturated heterocycles. The lowest BCUT2D eigenvalue weighted by Crippen LogP contribution is -1.95. The summed E-state index contributed by atoms with van der Waals surface area (Å²) in [4.78, 5) is 5.37. The molecule has 3 heterocycles. The van der Waals surface area contributed by atoms with Crippen molar-refractivity contribution in [2.75, 3.05) is 0 Å². The number of furan rings is 1. The van der Waals surface area contributed by atoms with Crippen molar-refractivity contribution in [3.63, 3.8) is 0 Å². The van der Waals surface area contributed by atoms with Crippen LogP contribution < -0.4 is 0 Å². The molecule has 3 heteroatoms. The molecule has 252 valence electrons. The van der Waals surface area contributed by atoms with Gasteiger partial charge in [-0.15, -0.1) is 0 Å². The Balaban J connectivity index is 1.06. The Bertz CT molecular complexity index is 3190. The molecule has 0 atom stereocenters. The van der Waals surface area contributed by atoms with Crippen LogP contribution in [0.3, 0.4) is 0 Å². The number of fused-ring (bicyclic) bond motifs is 9. The van der Waals surface area contributed by atoms with E-state index in [-0.39, 0.29) is 0 Å². The van der Waals surface area contributed by atoms with Crippen LogP contribution in [-0.2, 0) is 0 Å². The van der Waals surface area contributed by atoms with E-state index in [1.807, 2.05) is 12.1 Å². The third-order valence-electron chi connectivity index (χ3n) is 10.8. The number of pyridine rings is 1. The number of benzene rings is 8. The van der Waals surface area contributed by atoms with Crippen molar-refractivity contribution in [3.05, 3.63) is 194 Å². The van der Waals surface area contributed by atoms with E-state index in [2.05, 4.69) is 186 Å². The van der Waals surface area contributed by atoms with Crippen LogP contribution in [0.1, 0.15) is 0 Å². The number of nitrogens with zero attached hydrogens (tertiary/aromatic N) is 2. The molecule has 3 aromatic heterocycles. The van der Waals surface area contributed by atoms with Gasteiger partial charge in [-0.1, -0.05) is 176 Å². The summed E-state index contributed by atoms with van der Waals surface area (Å²) in [7, 11) is 0. The molecule has 0 radical (unpaired) electrons. The summed E-state index contributed by atoms with van der Waals surface area (Å²) < 4.78 is 8.81. The summed E-state index contributed by atoms with van der Waals surface area (Å²) in [5.74, 6) is 0. The minimum absolute atomic E-state index is 0.909. The number of imidazole rings is 1. The summed E-state index contributed by atoms with van der Waals surface area (Å²) in [5.41, 5.74) is 15.2. The van der Waals surface area contributed by atoms with Crippen LogP contribution in [0.2, 0.25) is 0 Å². The number of aromatic nitrogens is 2. The van der Waals surface area contributed by atoms with Crippen LogP contribution in [0.25, 0.3) is 105 Å². The predicted octanol–water partition coefficient (Wildman–Crippen LogP) is 13.9. The molecule has 0 aliphatic rings. The van der Waals surface area contributed by atoms with Gasteiger partial charge in [0.2, 0.25) is 0 Å². The largest absolute Gasteiger partial charge is 0.455 e. The van der Waals surface area contributed by atoms with Crippen LogP contribution in [0.4, 0.5) is 0 Å². The summed E-state index contributed by atoms with van der Waals surface area (Å²) in [6.45, 7) is 0. The lowest BCUT2D eigenvalue weighted by molar-refractivity contribution is 0.670. The van der Waals surface area contributed by atoms with Gasteiger partial charge in [-0.05, 0) is 51.4 Å². The van der Waals surface area contributed by atoms with Gasteiger partial charge in [0, 0.05) is 38.2 Å². The number of hydrogen-bond donors (Lipinski definition) is 0. The quantitative estimate of drug-likeness (QED) is 0.169. The molecule has 3 nitrogen and oxygen atoms in total. The third kappa shape index (κ3) is 4.72. The normalized spacial score (nSPS) is 11.7. The molecular weight excluding hydrogens is 657 g/mol. The van der Waals surface area contributed by atoms with E-state index in [0.29, 0.717) is 0 Å². The van der Waals surface area contributed by atoms with Gasteiger partial charge in [0.05, 0.1) is 16.9 Å². The fourth-order valence-electron chi connectivity index (χ4n) is 8.31. The summed E-state index contributed by atoms with van der Waals surface area (Å²) in [5, 5.41) is 5.79. The highest BCUT2D eigenvalue weighted by Gasteiger charge is 2.21. The molecule has 0 bridgehead atoms. The van der Waals surface area contributed by atoms with Crippen LogP contribution in [0.5, 0.6) is 0 Å². The van der Waals surface area contributed by atoms with Crippen molar-refractivity contribution in [1.82, 2.24) is 9.38 Å². The van der Waals surface area contributed by atoms with E-state index < -0.39 is 0 Å². The molecule has 11 aromatic rings. The molecule has 0 amide bonds. The second kappa shape index (κ2) is 12.2. The minimum atomic E-state index is 0.909. The van der Waals surface area contributed by atoms with Crippen molar-refractivity contribution in [1.29, 1.82) is 0 Å². The SMILES string of the molecule is c1ccc(-c2nc3c4ccccc4c4cc(-c5ccc(-c6ccccc6-c6cccc7c6oc6ccccc67)cc5)ccc4n3c2-c2ccccc2)cc1. The lowest BCUT2D eigenvalue weighted by atomic mass is 9.92. The first-order valence-electron chi connectivity index (χ1n) is 18.4. The maximum Gasteiger partial charge on any atom is 0.146 e. The Morgan fingerprint density at radius 2 is 0.963 bits per heavy atom. The molecule has 0 aliphatic heterocycles. The molecule has 0 unspecified atom stereocenters. The highest BCUT2D eigenvalue weighted by molar-refractivity contribution is 6.14. The first-order chi connectivity index (χ1) is 26.8. The first-order valence-corrected chi connectivity index (χ1v) is 18.4. The monoisotopic (exact) mass is 688 g/mol. The van der Waals surface area contributed by atoms with Gasteiger partial charge in [0.15, 0.2) is 0 Å². The Hall–Kier alpha value is -7.23. The average molecular weight is 689 g/mol. The van der Waals surface area contributed by atoms with Crippen LogP contribution in [0, 0.1) is 0 Å². The molecule has 0 spiro atoms. The topological polar surface area (TPSA) is 30.4 Å². The summed E-state index contributed by atoms with van der Waals surface area (Å²) in [6.07, 6.45) is 0. The van der Waals surface area contributed by atoms with Crippen molar-refractivity contribution in [3.8, 4) is 55.9 Å². The van der Waals surface area contributed by atoms with Gasteiger partial charge in [-0.2, -0.15) is 0 Å². The fourth-order valence-corrected chi connectivity index (χ4v) is 8.31. The molecule has 0 N–H and O–H groups in total. The predicted molar refractivity (Wildman–Crippen MR) is 225 cm³/mol. The number of para-hydroxylation sites is 2. The zero-order valence-corrected chi connectivity index (χ0v) is 29.3. The molecule has 11 rings (SSSR count). The van der Waals surface area contributed by atoms with E-state index in [1.165, 1.54) is 27.5 Å². The van der Waals surface area contributed by atoms with Crippen molar-refractivity contribution >= 4 is 49.3 Å². The van der Waals surface area contributed by atoms with Gasteiger partial charge in [-0.3, -0.25) is 4.40 Å². The van der Waals surface area contributed by atoms with E-state index in [4.69, 9.17) is 9.40 Å². The Morgan fingerprint density at radius 1 is 0.370 bits per heavy atom. The van der Waals surface area contributed by atoms with Crippen molar-refractivity contribution < 1.29 is 4.42 Å². The fraction of sp³-hybridized carbons (Fsp3) is 0. The first kappa shape index (κ1) is 30.4. The maximum atomic E-state index is 6.45. The highest BCUT2D eigenvalue weighted by atomic mass is 16.3. The molecule has 0 aliphatic carbocycles. The minimum Gasteiger partial charge on any atom is -0.455 e. The lowest BCUT2D eigenvalue weighted by Gasteiger charge is -2.14. The van der Waals surface area contributed by atoms with Crippen LogP contribution in [0.15, 0.2) is 199 Å². The van der Waals surface area contributed by atoms with E-state index in [1.54, 1.807) is 0 Å². The van der Waals surface area contributed by atoms with Crippen LogP contribution in [-0.4, -0.2) is 9.38 Å². The summed E-state index contributed by atoms with van der Waals surface area (Å²) in [6, 6.07) is 69.0. The summed E-state index contributed by atoms with van der Waals surface area (Å²) >= 11 is 0. The molecular formula is C51H32N2O. The third-order valence-corrected chi connectivity index (χ3v) is 10.8. The second-order valence-electron chi connectivity index (χ2n) is 13.9. The standard InChI is InChI=1S/C51H32N2O/c1-3-14-35(15-4-1)48-49(36-16-5-2-6-17-36)53-46-31-30-37(32-45(46)40-20-9-10-22-44(40)51(53)52-48)33-26-28-34(29-27-33)38-18-7-8-19-39(38)42-23-13-24-43-41-21-11-12-25-47(41)54-50(42)43/h1-32H. The zero-order chi connectivity index (χ0) is 35.6. The maximum absolute atomic E-state index is 6.45. The molecule has 0 fully saturated rings. The molecule has 54 heavy (non-hydrogen) atoms. The van der Waals surface area contributed by atoms with Crippen molar-refractivity contribution in [2.24, 2.45) is 0 Å². The van der Waals surface area contributed by atoms with Gasteiger partial charge in [-0.25, -0.2) is 4.98 Å². The van der Waals surface area contributed by atoms with Gasteiger partial charge < -0.3 is 4.42 Å². The Kier molecular flexibility index (Phi) is 6.86. The highest BCUT2D eigenvalue weighted by Crippen LogP contribution is 2.42. The zero-order valence-electron chi connectivity index (χ0n) is 29.3. The smallest absolute Gasteiger partial charge is 0.146 e. The number of hydrogen-bond acceptors (Lipinski definition) is 2. The second-order valence-corrected chi connectivity index (χ2v) is 13.9. The average Bonchev–Trinajstić information content (AvgIpc) is 3.85. The molecule has 0 saturated carbocycles. The molecule has 8 aromatic carbocycles. The van der Waals surface area contributed by atoms with E-state index in [9.17, 15) is 0 Å². The van der Waals surface area contributed by atoms with Gasteiger partial charge in [0.1, 0.15) is 16.8 Å². The Morgan fingerprint density at radius 3 is 1.76 bits per heavy atom. The van der Waals surface area contributed by atoms with Gasteiger partial charge >= 0.3 is 0 Å². The Labute approximate surface area is 312 Å². The van der Waals surface area contributed by atoms with E-state index >= 15 is 0 Å².